The summed E-state index contributed by atoms with van der Waals surface area (Å²) >= 11 is 7.78. The van der Waals surface area contributed by atoms with Crippen molar-refractivity contribution in [1.82, 2.24) is 25.5 Å². The fraction of sp³-hybridized carbons (Fsp3) is 0.292. The van der Waals surface area contributed by atoms with Crippen LogP contribution in [0.25, 0.3) is 21.5 Å². The van der Waals surface area contributed by atoms with Crippen molar-refractivity contribution in [1.29, 1.82) is 0 Å². The first-order chi connectivity index (χ1) is 16.0. The van der Waals surface area contributed by atoms with Gasteiger partial charge in [-0.25, -0.2) is 4.98 Å². The van der Waals surface area contributed by atoms with Crippen molar-refractivity contribution in [3.63, 3.8) is 0 Å². The Balaban J connectivity index is 1.58. The standard InChI is InChI=1S/C24H23ClN6OS/c1-14-10-18(25)11-16-7-9-27-22(21(14)16)31(19-4-3-8-26-13-19)24(32)17-5-6-20(28-12-17)23-30-29-15(2)33-23/h5-7,9-12,19,26H,3-4,8,13H2,1-2H3/t19-/m1/s1. The predicted molar refractivity (Wildman–Crippen MR) is 132 cm³/mol. The number of piperidine rings is 1. The quantitative estimate of drug-likeness (QED) is 0.453. The molecular formula is C24H23ClN6OS. The number of pyridine rings is 2. The molecule has 168 valence electrons. The molecule has 0 spiro atoms. The Bertz CT molecular complexity index is 1320. The second-order valence-electron chi connectivity index (χ2n) is 8.19. The maximum atomic E-state index is 13.9. The number of anilines is 1. The summed E-state index contributed by atoms with van der Waals surface area (Å²) in [5.41, 5.74) is 2.20. The Hall–Kier alpha value is -2.94. The highest BCUT2D eigenvalue weighted by molar-refractivity contribution is 7.14. The monoisotopic (exact) mass is 478 g/mol. The van der Waals surface area contributed by atoms with Crippen molar-refractivity contribution in [3.8, 4) is 10.7 Å². The zero-order valence-electron chi connectivity index (χ0n) is 18.4. The highest BCUT2D eigenvalue weighted by Gasteiger charge is 2.30. The topological polar surface area (TPSA) is 83.9 Å². The highest BCUT2D eigenvalue weighted by atomic mass is 35.5. The number of rotatable bonds is 4. The zero-order valence-corrected chi connectivity index (χ0v) is 20.0. The molecule has 3 aromatic heterocycles. The number of nitrogens with zero attached hydrogens (tertiary/aromatic N) is 5. The molecule has 0 saturated carbocycles. The van der Waals surface area contributed by atoms with Crippen LogP contribution in [0, 0.1) is 13.8 Å². The van der Waals surface area contributed by atoms with Crippen LogP contribution < -0.4 is 10.2 Å². The number of carbonyl (C=O) groups excluding carboxylic acids is 1. The van der Waals surface area contributed by atoms with Gasteiger partial charge in [-0.05, 0) is 74.5 Å². The number of nitrogens with one attached hydrogen (secondary N) is 1. The van der Waals surface area contributed by atoms with Crippen LogP contribution in [0.4, 0.5) is 5.82 Å². The van der Waals surface area contributed by atoms with Crippen LogP contribution in [-0.4, -0.2) is 45.2 Å². The molecular weight excluding hydrogens is 456 g/mol. The molecule has 0 aliphatic carbocycles. The lowest BCUT2D eigenvalue weighted by Gasteiger charge is -2.34. The van der Waals surface area contributed by atoms with Gasteiger partial charge >= 0.3 is 0 Å². The van der Waals surface area contributed by atoms with E-state index in [-0.39, 0.29) is 11.9 Å². The molecule has 1 saturated heterocycles. The van der Waals surface area contributed by atoms with Gasteiger partial charge in [-0.1, -0.05) is 22.9 Å². The molecule has 1 atom stereocenters. The maximum Gasteiger partial charge on any atom is 0.261 e. The predicted octanol–water partition coefficient (Wildman–Crippen LogP) is 4.82. The van der Waals surface area contributed by atoms with Gasteiger partial charge in [0, 0.05) is 29.3 Å². The molecule has 1 fully saturated rings. The molecule has 33 heavy (non-hydrogen) atoms. The number of fused-ring (bicyclic) bond motifs is 1. The third-order valence-corrected chi connectivity index (χ3v) is 6.92. The van der Waals surface area contributed by atoms with E-state index >= 15 is 0 Å². The van der Waals surface area contributed by atoms with E-state index in [2.05, 4.69) is 25.5 Å². The maximum absolute atomic E-state index is 13.9. The van der Waals surface area contributed by atoms with E-state index in [0.717, 1.165) is 45.7 Å². The lowest BCUT2D eigenvalue weighted by atomic mass is 10.0. The van der Waals surface area contributed by atoms with Crippen LogP contribution >= 0.6 is 22.9 Å². The average Bonchev–Trinajstić information content (AvgIpc) is 3.26. The first-order valence-corrected chi connectivity index (χ1v) is 12.1. The number of aromatic nitrogens is 4. The van der Waals surface area contributed by atoms with Crippen LogP contribution in [0.1, 0.15) is 33.8 Å². The summed E-state index contributed by atoms with van der Waals surface area (Å²) in [6.07, 6.45) is 5.26. The van der Waals surface area contributed by atoms with Crippen LogP contribution in [0.3, 0.4) is 0 Å². The fourth-order valence-corrected chi connectivity index (χ4v) is 5.27. The van der Waals surface area contributed by atoms with Crippen LogP contribution in [-0.2, 0) is 0 Å². The van der Waals surface area contributed by atoms with E-state index in [1.165, 1.54) is 11.3 Å². The van der Waals surface area contributed by atoms with E-state index < -0.39 is 0 Å². The zero-order chi connectivity index (χ0) is 22.9. The first kappa shape index (κ1) is 21.9. The van der Waals surface area contributed by atoms with E-state index in [0.29, 0.717) is 28.6 Å². The van der Waals surface area contributed by atoms with Crippen molar-refractivity contribution < 1.29 is 4.79 Å². The summed E-state index contributed by atoms with van der Waals surface area (Å²) in [5.74, 6) is 0.537. The van der Waals surface area contributed by atoms with Gasteiger partial charge in [0.2, 0.25) is 0 Å². The molecule has 7 nitrogen and oxygen atoms in total. The number of aryl methyl sites for hydroxylation is 2. The SMILES string of the molecule is Cc1nnc(-c2ccc(C(=O)N(c3nccc4cc(Cl)cc(C)c34)[C@@H]3CCCNC3)cn2)s1. The summed E-state index contributed by atoms with van der Waals surface area (Å²) in [6, 6.07) is 9.38. The number of hydrogen-bond donors (Lipinski definition) is 1. The number of hydrogen-bond acceptors (Lipinski definition) is 7. The van der Waals surface area contributed by atoms with Gasteiger partial charge in [0.05, 0.1) is 11.6 Å². The Kier molecular flexibility index (Phi) is 6.05. The second kappa shape index (κ2) is 9.13. The summed E-state index contributed by atoms with van der Waals surface area (Å²) in [4.78, 5) is 24.9. The summed E-state index contributed by atoms with van der Waals surface area (Å²) < 4.78 is 0. The van der Waals surface area contributed by atoms with Crippen LogP contribution in [0.2, 0.25) is 5.02 Å². The molecule has 1 aliphatic heterocycles. The summed E-state index contributed by atoms with van der Waals surface area (Å²) in [5, 5.41) is 15.8. The fourth-order valence-electron chi connectivity index (χ4n) is 4.32. The lowest BCUT2D eigenvalue weighted by Crippen LogP contribution is -2.49. The summed E-state index contributed by atoms with van der Waals surface area (Å²) in [7, 11) is 0. The Labute approximate surface area is 200 Å². The molecule has 1 aromatic carbocycles. The Morgan fingerprint density at radius 2 is 2.06 bits per heavy atom. The molecule has 1 amide bonds. The molecule has 1 aliphatic rings. The van der Waals surface area contributed by atoms with Crippen LogP contribution in [0.5, 0.6) is 0 Å². The van der Waals surface area contributed by atoms with Crippen molar-refractivity contribution >= 4 is 45.4 Å². The summed E-state index contributed by atoms with van der Waals surface area (Å²) in [6.45, 7) is 5.57. The third-order valence-electron chi connectivity index (χ3n) is 5.84. The van der Waals surface area contributed by atoms with Crippen molar-refractivity contribution in [2.45, 2.75) is 32.7 Å². The van der Waals surface area contributed by atoms with Crippen LogP contribution in [0.15, 0.2) is 42.7 Å². The Morgan fingerprint density at radius 1 is 1.18 bits per heavy atom. The van der Waals surface area contributed by atoms with E-state index in [1.807, 2.05) is 43.0 Å². The van der Waals surface area contributed by atoms with E-state index in [4.69, 9.17) is 11.6 Å². The van der Waals surface area contributed by atoms with Gasteiger partial charge in [-0.3, -0.25) is 14.7 Å². The first-order valence-electron chi connectivity index (χ1n) is 10.9. The van der Waals surface area contributed by atoms with Gasteiger partial charge in [-0.2, -0.15) is 0 Å². The lowest BCUT2D eigenvalue weighted by molar-refractivity contribution is 0.0971. The second-order valence-corrected chi connectivity index (χ2v) is 9.81. The van der Waals surface area contributed by atoms with Crippen molar-refractivity contribution in [2.24, 2.45) is 0 Å². The van der Waals surface area contributed by atoms with Gasteiger partial charge < -0.3 is 5.32 Å². The third kappa shape index (κ3) is 4.34. The minimum absolute atomic E-state index is 0.00934. The molecule has 4 heterocycles. The number of amides is 1. The van der Waals surface area contributed by atoms with Gasteiger partial charge in [0.15, 0.2) is 5.01 Å². The van der Waals surface area contributed by atoms with Crippen molar-refractivity contribution in [2.75, 3.05) is 18.0 Å². The smallest absolute Gasteiger partial charge is 0.261 e. The molecule has 0 bridgehead atoms. The highest BCUT2D eigenvalue weighted by Crippen LogP contribution is 2.33. The molecule has 1 N–H and O–H groups in total. The molecule has 9 heteroatoms. The number of carbonyl (C=O) groups is 1. The van der Waals surface area contributed by atoms with E-state index in [1.54, 1.807) is 18.5 Å². The Morgan fingerprint density at radius 3 is 2.76 bits per heavy atom. The van der Waals surface area contributed by atoms with Gasteiger partial charge in [-0.15, -0.1) is 10.2 Å². The number of benzene rings is 1. The minimum atomic E-state index is -0.120. The number of halogens is 1. The van der Waals surface area contributed by atoms with E-state index in [9.17, 15) is 4.79 Å². The average molecular weight is 479 g/mol. The normalized spacial score (nSPS) is 16.2. The van der Waals surface area contributed by atoms with Gasteiger partial charge in [0.1, 0.15) is 16.5 Å². The largest absolute Gasteiger partial charge is 0.315 e. The van der Waals surface area contributed by atoms with Crippen molar-refractivity contribution in [3.05, 3.63) is 63.9 Å². The molecule has 4 aromatic rings. The van der Waals surface area contributed by atoms with Gasteiger partial charge in [0.25, 0.3) is 5.91 Å². The minimum Gasteiger partial charge on any atom is -0.315 e. The molecule has 0 unspecified atom stereocenters. The molecule has 5 rings (SSSR count). The molecule has 0 radical (unpaired) electrons.